The normalized spacial score (nSPS) is 10.9. The summed E-state index contributed by atoms with van der Waals surface area (Å²) < 4.78 is 22.0. The van der Waals surface area contributed by atoms with Crippen molar-refractivity contribution in [1.29, 1.82) is 0 Å². The van der Waals surface area contributed by atoms with Crippen LogP contribution in [0.3, 0.4) is 0 Å². The Morgan fingerprint density at radius 2 is 2.12 bits per heavy atom. The molecule has 8 heavy (non-hydrogen) atoms. The largest absolute Gasteiger partial charge is 0.545 e. The third-order valence-corrected chi connectivity index (χ3v) is 0.378. The predicted octanol–water partition coefficient (Wildman–Crippen LogP) is -0.442. The summed E-state index contributed by atoms with van der Waals surface area (Å²) in [4.78, 5) is 9.37. The Bertz CT molecular complexity index is 109. The highest BCUT2D eigenvalue weighted by Crippen LogP contribution is 1.91. The van der Waals surface area contributed by atoms with Crippen LogP contribution in [-0.4, -0.2) is 12.4 Å². The monoisotopic (exact) mass is 121 g/mol. The fourth-order valence-corrected chi connectivity index (χ4v) is 0.151. The van der Waals surface area contributed by atoms with Crippen LogP contribution >= 0.6 is 0 Å². The number of halogens is 2. The molecule has 0 aromatic rings. The lowest BCUT2D eigenvalue weighted by Gasteiger charge is -1.88. The molecule has 0 radical (unpaired) electrons. The predicted molar refractivity (Wildman–Crippen MR) is 20.2 cm³/mol. The van der Waals surface area contributed by atoms with Crippen LogP contribution in [0.5, 0.6) is 0 Å². The van der Waals surface area contributed by atoms with Crippen molar-refractivity contribution in [3.8, 4) is 0 Å². The molecule has 0 saturated carbocycles. The summed E-state index contributed by atoms with van der Waals surface area (Å²) in [6.07, 6.45) is -2.17. The van der Waals surface area contributed by atoms with E-state index < -0.39 is 12.4 Å². The van der Waals surface area contributed by atoms with Gasteiger partial charge in [0, 0.05) is 0 Å². The van der Waals surface area contributed by atoms with Crippen LogP contribution < -0.4 is 5.11 Å². The van der Waals surface area contributed by atoms with Crippen molar-refractivity contribution < 1.29 is 18.7 Å². The molecule has 0 spiro atoms. The van der Waals surface area contributed by atoms with E-state index in [4.69, 9.17) is 0 Å². The van der Waals surface area contributed by atoms with Crippen molar-refractivity contribution in [2.24, 2.45) is 0 Å². The van der Waals surface area contributed by atoms with Gasteiger partial charge in [0.2, 0.25) is 0 Å². The van der Waals surface area contributed by atoms with E-state index in [2.05, 4.69) is 0 Å². The summed E-state index contributed by atoms with van der Waals surface area (Å²) in [6.45, 7) is 0. The van der Waals surface area contributed by atoms with Crippen LogP contribution in [0.15, 0.2) is 12.2 Å². The Balaban J connectivity index is 3.50. The Kier molecular flexibility index (Phi) is 2.76. The molecule has 0 amide bonds. The highest BCUT2D eigenvalue weighted by molar-refractivity contribution is 5.77. The smallest absolute Gasteiger partial charge is 0.257 e. The Hall–Kier alpha value is -0.930. The van der Waals surface area contributed by atoms with Gasteiger partial charge in [0.05, 0.1) is 5.97 Å². The maximum Gasteiger partial charge on any atom is 0.257 e. The van der Waals surface area contributed by atoms with Gasteiger partial charge < -0.3 is 9.90 Å². The van der Waals surface area contributed by atoms with Crippen molar-refractivity contribution in [2.75, 3.05) is 0 Å². The first-order valence-corrected chi connectivity index (χ1v) is 1.80. The van der Waals surface area contributed by atoms with Crippen LogP contribution in [-0.2, 0) is 4.79 Å². The van der Waals surface area contributed by atoms with Crippen molar-refractivity contribution in [3.63, 3.8) is 0 Å². The minimum atomic E-state index is -2.71. The SMILES string of the molecule is O=C([O-])/C=C/C(F)F. The number of hydrogen-bond donors (Lipinski definition) is 0. The first-order valence-electron chi connectivity index (χ1n) is 1.80. The molecular weight excluding hydrogens is 118 g/mol. The number of hydrogen-bond acceptors (Lipinski definition) is 2. The van der Waals surface area contributed by atoms with Crippen LogP contribution in [0.1, 0.15) is 0 Å². The van der Waals surface area contributed by atoms with E-state index in [0.717, 1.165) is 0 Å². The fourth-order valence-electron chi connectivity index (χ4n) is 0.151. The first kappa shape index (κ1) is 7.07. The zero-order valence-corrected chi connectivity index (χ0v) is 3.80. The van der Waals surface area contributed by atoms with Gasteiger partial charge in [-0.1, -0.05) is 0 Å². The van der Waals surface area contributed by atoms with E-state index in [9.17, 15) is 18.7 Å². The molecule has 46 valence electrons. The number of rotatable bonds is 2. The quantitative estimate of drug-likeness (QED) is 0.464. The summed E-state index contributed by atoms with van der Waals surface area (Å²) in [5.41, 5.74) is 0. The zero-order valence-electron chi connectivity index (χ0n) is 3.80. The number of aliphatic carboxylic acids is 1. The van der Waals surface area contributed by atoms with Crippen molar-refractivity contribution in [2.45, 2.75) is 6.43 Å². The number of carbonyl (C=O) groups is 1. The molecule has 0 aliphatic heterocycles. The molecule has 0 aliphatic rings. The molecule has 0 saturated heterocycles. The van der Waals surface area contributed by atoms with Gasteiger partial charge in [-0.3, -0.25) is 0 Å². The molecule has 4 heteroatoms. The van der Waals surface area contributed by atoms with Crippen LogP contribution in [0.2, 0.25) is 0 Å². The van der Waals surface area contributed by atoms with E-state index >= 15 is 0 Å². The van der Waals surface area contributed by atoms with Gasteiger partial charge >= 0.3 is 0 Å². The molecule has 0 bridgehead atoms. The lowest BCUT2D eigenvalue weighted by atomic mass is 10.5. The molecule has 2 nitrogen and oxygen atoms in total. The lowest BCUT2D eigenvalue weighted by Crippen LogP contribution is -2.18. The van der Waals surface area contributed by atoms with E-state index in [-0.39, 0.29) is 6.08 Å². The van der Waals surface area contributed by atoms with Gasteiger partial charge in [-0.15, -0.1) is 0 Å². The molecule has 0 rings (SSSR count). The Labute approximate surface area is 44.4 Å². The molecule has 0 heterocycles. The maximum atomic E-state index is 11.0. The van der Waals surface area contributed by atoms with Gasteiger partial charge in [0.15, 0.2) is 0 Å². The highest BCUT2D eigenvalue weighted by atomic mass is 19.3. The minimum absolute atomic E-state index is 0.245. The molecule has 0 N–H and O–H groups in total. The van der Waals surface area contributed by atoms with Gasteiger partial charge in [0.1, 0.15) is 0 Å². The average Bonchev–Trinajstić information content (AvgIpc) is 1.61. The van der Waals surface area contributed by atoms with Crippen LogP contribution in [0, 0.1) is 0 Å². The minimum Gasteiger partial charge on any atom is -0.545 e. The zero-order chi connectivity index (χ0) is 6.57. The second kappa shape index (κ2) is 3.12. The molecule has 0 aromatic heterocycles. The highest BCUT2D eigenvalue weighted by Gasteiger charge is 1.90. The Morgan fingerprint density at radius 1 is 1.62 bits per heavy atom. The second-order valence-corrected chi connectivity index (χ2v) is 1.01. The van der Waals surface area contributed by atoms with E-state index in [0.29, 0.717) is 6.08 Å². The third-order valence-electron chi connectivity index (χ3n) is 0.378. The number of alkyl halides is 2. The van der Waals surface area contributed by atoms with Gasteiger partial charge in [-0.2, -0.15) is 0 Å². The van der Waals surface area contributed by atoms with Gasteiger partial charge in [-0.05, 0) is 12.2 Å². The number of carboxylic acid groups (broad SMARTS) is 1. The average molecular weight is 121 g/mol. The van der Waals surface area contributed by atoms with Gasteiger partial charge in [0.25, 0.3) is 6.43 Å². The van der Waals surface area contributed by atoms with E-state index in [1.54, 1.807) is 0 Å². The third kappa shape index (κ3) is 5.07. The van der Waals surface area contributed by atoms with E-state index in [1.807, 2.05) is 0 Å². The summed E-state index contributed by atoms with van der Waals surface area (Å²) in [6, 6.07) is 0. The van der Waals surface area contributed by atoms with Crippen molar-refractivity contribution in [3.05, 3.63) is 12.2 Å². The second-order valence-electron chi connectivity index (χ2n) is 1.01. The maximum absolute atomic E-state index is 11.0. The molecular formula is C4H3F2O2-. The first-order chi connectivity index (χ1) is 3.63. The number of carboxylic acids is 1. The lowest BCUT2D eigenvalue weighted by molar-refractivity contribution is -0.297. The van der Waals surface area contributed by atoms with E-state index in [1.165, 1.54) is 0 Å². The summed E-state index contributed by atoms with van der Waals surface area (Å²) in [5.74, 6) is -1.61. The molecule has 0 fully saturated rings. The fraction of sp³-hybridized carbons (Fsp3) is 0.250. The van der Waals surface area contributed by atoms with Crippen LogP contribution in [0.4, 0.5) is 8.78 Å². The molecule has 0 aromatic carbocycles. The topological polar surface area (TPSA) is 40.1 Å². The standard InChI is InChI=1S/C4H4F2O2/c5-3(6)1-2-4(7)8/h1-3H,(H,7,8)/p-1/b2-1+. The summed E-state index contributed by atoms with van der Waals surface area (Å²) in [7, 11) is 0. The van der Waals surface area contributed by atoms with Gasteiger partial charge in [-0.25, -0.2) is 8.78 Å². The molecule has 0 unspecified atom stereocenters. The number of allylic oxidation sites excluding steroid dienone is 1. The summed E-state index contributed by atoms with van der Waals surface area (Å²) in [5, 5.41) is 9.37. The van der Waals surface area contributed by atoms with Crippen molar-refractivity contribution >= 4 is 5.97 Å². The number of carbonyl (C=O) groups excluding carboxylic acids is 1. The molecule has 0 atom stereocenters. The van der Waals surface area contributed by atoms with Crippen LogP contribution in [0.25, 0.3) is 0 Å². The van der Waals surface area contributed by atoms with Crippen molar-refractivity contribution in [1.82, 2.24) is 0 Å². The molecule has 0 aliphatic carbocycles. The summed E-state index contributed by atoms with van der Waals surface area (Å²) >= 11 is 0. The Morgan fingerprint density at radius 3 is 2.25 bits per heavy atom.